The zero-order valence-electron chi connectivity index (χ0n) is 12.9. The van der Waals surface area contributed by atoms with Crippen molar-refractivity contribution in [3.63, 3.8) is 0 Å². The molecule has 2 heterocycles. The van der Waals surface area contributed by atoms with E-state index in [0.717, 1.165) is 57.4 Å². The van der Waals surface area contributed by atoms with Crippen LogP contribution in [-0.4, -0.2) is 46.2 Å². The third kappa shape index (κ3) is 3.55. The first-order chi connectivity index (χ1) is 10.7. The van der Waals surface area contributed by atoms with Gasteiger partial charge in [-0.3, -0.25) is 9.78 Å². The summed E-state index contributed by atoms with van der Waals surface area (Å²) in [5.74, 6) is 0.999. The Kier molecular flexibility index (Phi) is 4.57. The molecular formula is C16H24N4O2. The predicted molar refractivity (Wildman–Crippen MR) is 83.4 cm³/mol. The molecule has 0 spiro atoms. The summed E-state index contributed by atoms with van der Waals surface area (Å²) in [6.45, 7) is 2.04. The summed E-state index contributed by atoms with van der Waals surface area (Å²) in [7, 11) is 0. The quantitative estimate of drug-likeness (QED) is 0.871. The summed E-state index contributed by atoms with van der Waals surface area (Å²) in [5.41, 5.74) is -0.671. The number of anilines is 1. The van der Waals surface area contributed by atoms with Crippen LogP contribution < -0.4 is 10.2 Å². The molecule has 3 rings (SSSR count). The first-order valence-corrected chi connectivity index (χ1v) is 8.17. The fourth-order valence-electron chi connectivity index (χ4n) is 3.43. The highest BCUT2D eigenvalue weighted by Crippen LogP contribution is 2.29. The number of nitrogens with one attached hydrogen (secondary N) is 1. The van der Waals surface area contributed by atoms with Gasteiger partial charge in [-0.15, -0.1) is 0 Å². The lowest BCUT2D eigenvalue weighted by Gasteiger charge is -2.32. The highest BCUT2D eigenvalue weighted by atomic mass is 16.3. The molecule has 0 unspecified atom stereocenters. The molecule has 2 aliphatic rings. The predicted octanol–water partition coefficient (Wildman–Crippen LogP) is 1.11. The Morgan fingerprint density at radius 2 is 2.05 bits per heavy atom. The molecule has 0 bridgehead atoms. The Labute approximate surface area is 131 Å². The third-order valence-corrected chi connectivity index (χ3v) is 4.87. The van der Waals surface area contributed by atoms with Gasteiger partial charge in [0.05, 0.1) is 11.8 Å². The van der Waals surface area contributed by atoms with Crippen LogP contribution in [0.5, 0.6) is 0 Å². The standard InChI is InChI=1S/C16H24N4O2/c21-15(19-12-16(22)5-1-2-6-16)13-3-9-20(10-4-13)14-11-17-7-8-18-14/h7-8,11,13,22H,1-6,9-10,12H2,(H,19,21). The van der Waals surface area contributed by atoms with Crippen LogP contribution in [0.25, 0.3) is 0 Å². The summed E-state index contributed by atoms with van der Waals surface area (Å²) in [6.07, 6.45) is 10.5. The number of carbonyl (C=O) groups is 1. The van der Waals surface area contributed by atoms with Gasteiger partial charge in [0.1, 0.15) is 5.82 Å². The second kappa shape index (κ2) is 6.60. The molecular weight excluding hydrogens is 280 g/mol. The fourth-order valence-corrected chi connectivity index (χ4v) is 3.43. The molecule has 0 atom stereocenters. The Balaban J connectivity index is 1.46. The number of hydrogen-bond donors (Lipinski definition) is 2. The molecule has 1 saturated carbocycles. The summed E-state index contributed by atoms with van der Waals surface area (Å²) < 4.78 is 0. The molecule has 2 fully saturated rings. The molecule has 1 saturated heterocycles. The van der Waals surface area contributed by atoms with Gasteiger partial charge in [-0.1, -0.05) is 12.8 Å². The van der Waals surface area contributed by atoms with Gasteiger partial charge in [0.25, 0.3) is 0 Å². The zero-order valence-corrected chi connectivity index (χ0v) is 12.9. The average Bonchev–Trinajstić information content (AvgIpc) is 3.01. The van der Waals surface area contributed by atoms with Crippen molar-refractivity contribution in [1.82, 2.24) is 15.3 Å². The monoisotopic (exact) mass is 304 g/mol. The Morgan fingerprint density at radius 3 is 2.68 bits per heavy atom. The first kappa shape index (κ1) is 15.2. The van der Waals surface area contributed by atoms with E-state index in [-0.39, 0.29) is 11.8 Å². The van der Waals surface area contributed by atoms with E-state index in [1.165, 1.54) is 0 Å². The number of aliphatic hydroxyl groups is 1. The van der Waals surface area contributed by atoms with Crippen molar-refractivity contribution >= 4 is 11.7 Å². The van der Waals surface area contributed by atoms with Crippen LogP contribution >= 0.6 is 0 Å². The SMILES string of the molecule is O=C(NCC1(O)CCCC1)C1CCN(c2cnccn2)CC1. The normalized spacial score (nSPS) is 21.8. The number of piperidine rings is 1. The number of rotatable bonds is 4. The Hall–Kier alpha value is -1.69. The van der Waals surface area contributed by atoms with Crippen LogP contribution in [0, 0.1) is 5.92 Å². The maximum atomic E-state index is 12.3. The van der Waals surface area contributed by atoms with Crippen LogP contribution in [0.3, 0.4) is 0 Å². The van der Waals surface area contributed by atoms with Crippen molar-refractivity contribution < 1.29 is 9.90 Å². The van der Waals surface area contributed by atoms with Crippen molar-refractivity contribution in [2.24, 2.45) is 5.92 Å². The lowest BCUT2D eigenvalue weighted by molar-refractivity contribution is -0.126. The summed E-state index contributed by atoms with van der Waals surface area (Å²) >= 11 is 0. The molecule has 0 aromatic carbocycles. The Bertz CT molecular complexity index is 494. The molecule has 1 aromatic heterocycles. The van der Waals surface area contributed by atoms with Crippen LogP contribution in [0.4, 0.5) is 5.82 Å². The van der Waals surface area contributed by atoms with Gasteiger partial charge in [-0.25, -0.2) is 4.98 Å². The molecule has 1 amide bonds. The number of nitrogens with zero attached hydrogens (tertiary/aromatic N) is 3. The molecule has 22 heavy (non-hydrogen) atoms. The van der Waals surface area contributed by atoms with Crippen molar-refractivity contribution in [3.8, 4) is 0 Å². The van der Waals surface area contributed by atoms with Crippen LogP contribution in [-0.2, 0) is 4.79 Å². The average molecular weight is 304 g/mol. The maximum Gasteiger partial charge on any atom is 0.223 e. The molecule has 6 nitrogen and oxygen atoms in total. The van der Waals surface area contributed by atoms with Gasteiger partial charge in [0.2, 0.25) is 5.91 Å². The summed E-state index contributed by atoms with van der Waals surface area (Å²) in [5, 5.41) is 13.2. The second-order valence-electron chi connectivity index (χ2n) is 6.47. The minimum Gasteiger partial charge on any atom is -0.388 e. The molecule has 0 radical (unpaired) electrons. The van der Waals surface area contributed by atoms with Gasteiger partial charge < -0.3 is 15.3 Å². The van der Waals surface area contributed by atoms with E-state index in [0.29, 0.717) is 6.54 Å². The number of amides is 1. The van der Waals surface area contributed by atoms with E-state index < -0.39 is 5.60 Å². The van der Waals surface area contributed by atoms with E-state index in [1.807, 2.05) is 0 Å². The fraction of sp³-hybridized carbons (Fsp3) is 0.688. The lowest BCUT2D eigenvalue weighted by atomic mass is 9.95. The Morgan fingerprint density at radius 1 is 1.32 bits per heavy atom. The van der Waals surface area contributed by atoms with Crippen molar-refractivity contribution in [1.29, 1.82) is 0 Å². The van der Waals surface area contributed by atoms with Gasteiger partial charge in [-0.05, 0) is 25.7 Å². The van der Waals surface area contributed by atoms with Crippen LogP contribution in [0.2, 0.25) is 0 Å². The highest BCUT2D eigenvalue weighted by molar-refractivity contribution is 5.79. The van der Waals surface area contributed by atoms with E-state index in [4.69, 9.17) is 0 Å². The molecule has 1 aromatic rings. The third-order valence-electron chi connectivity index (χ3n) is 4.87. The van der Waals surface area contributed by atoms with Gasteiger partial charge >= 0.3 is 0 Å². The van der Waals surface area contributed by atoms with Crippen LogP contribution in [0.15, 0.2) is 18.6 Å². The number of carbonyl (C=O) groups excluding carboxylic acids is 1. The van der Waals surface area contributed by atoms with Gasteiger partial charge in [-0.2, -0.15) is 0 Å². The largest absolute Gasteiger partial charge is 0.388 e. The highest BCUT2D eigenvalue weighted by Gasteiger charge is 2.33. The molecule has 1 aliphatic heterocycles. The molecule has 6 heteroatoms. The van der Waals surface area contributed by atoms with E-state index in [9.17, 15) is 9.90 Å². The first-order valence-electron chi connectivity index (χ1n) is 8.17. The topological polar surface area (TPSA) is 78.4 Å². The van der Waals surface area contributed by atoms with E-state index in [1.54, 1.807) is 18.6 Å². The summed E-state index contributed by atoms with van der Waals surface area (Å²) in [4.78, 5) is 22.8. The second-order valence-corrected chi connectivity index (χ2v) is 6.47. The number of hydrogen-bond acceptors (Lipinski definition) is 5. The minimum absolute atomic E-state index is 0.0397. The minimum atomic E-state index is -0.671. The van der Waals surface area contributed by atoms with Crippen molar-refractivity contribution in [2.45, 2.75) is 44.1 Å². The van der Waals surface area contributed by atoms with E-state index >= 15 is 0 Å². The van der Waals surface area contributed by atoms with Crippen molar-refractivity contribution in [3.05, 3.63) is 18.6 Å². The van der Waals surface area contributed by atoms with Gasteiger partial charge in [0.15, 0.2) is 0 Å². The van der Waals surface area contributed by atoms with Crippen molar-refractivity contribution in [2.75, 3.05) is 24.5 Å². The zero-order chi connectivity index (χ0) is 15.4. The van der Waals surface area contributed by atoms with Gasteiger partial charge in [0, 0.05) is 37.9 Å². The maximum absolute atomic E-state index is 12.3. The number of aromatic nitrogens is 2. The lowest BCUT2D eigenvalue weighted by Crippen LogP contribution is -2.45. The van der Waals surface area contributed by atoms with Crippen LogP contribution in [0.1, 0.15) is 38.5 Å². The molecule has 2 N–H and O–H groups in total. The smallest absolute Gasteiger partial charge is 0.223 e. The summed E-state index contributed by atoms with van der Waals surface area (Å²) in [6, 6.07) is 0. The van der Waals surface area contributed by atoms with E-state index in [2.05, 4.69) is 20.2 Å². The molecule has 120 valence electrons. The molecule has 1 aliphatic carbocycles.